The van der Waals surface area contributed by atoms with Crippen LogP contribution in [0.3, 0.4) is 0 Å². The maximum absolute atomic E-state index is 13.8. The highest BCUT2D eigenvalue weighted by molar-refractivity contribution is 7.92. The minimum absolute atomic E-state index is 0.126. The van der Waals surface area contributed by atoms with E-state index in [9.17, 15) is 13.2 Å². The van der Waals surface area contributed by atoms with E-state index in [1.165, 1.54) is 18.2 Å². The van der Waals surface area contributed by atoms with Crippen molar-refractivity contribution in [3.05, 3.63) is 95.2 Å². The zero-order valence-electron chi connectivity index (χ0n) is 21.1. The number of carbonyl (C=O) groups excluding carboxylic acids is 1. The SMILES string of the molecule is CCCCOC(=O)CN(c1ccc2c(ccn2-c2nccc3ccccc23)c1)S(=O)(=O)c1cc(Cl)cc(Cl)c1. The van der Waals surface area contributed by atoms with Crippen LogP contribution in [0.1, 0.15) is 19.8 Å². The molecular formula is C29H25Cl2N3O4S. The van der Waals surface area contributed by atoms with Gasteiger partial charge in [-0.15, -0.1) is 0 Å². The Bertz CT molecular complexity index is 1760. The number of carbonyl (C=O) groups is 1. The van der Waals surface area contributed by atoms with E-state index in [0.29, 0.717) is 12.1 Å². The number of nitrogens with zero attached hydrogens (tertiary/aromatic N) is 3. The first-order valence-electron chi connectivity index (χ1n) is 12.4. The number of hydrogen-bond donors (Lipinski definition) is 0. The van der Waals surface area contributed by atoms with Gasteiger partial charge < -0.3 is 9.30 Å². The molecule has 7 nitrogen and oxygen atoms in total. The summed E-state index contributed by atoms with van der Waals surface area (Å²) in [5, 5.41) is 3.15. The molecule has 0 saturated carbocycles. The Morgan fingerprint density at radius 2 is 1.74 bits per heavy atom. The zero-order chi connectivity index (χ0) is 27.6. The smallest absolute Gasteiger partial charge is 0.326 e. The number of unbranched alkanes of at least 4 members (excludes halogenated alkanes) is 1. The topological polar surface area (TPSA) is 81.5 Å². The number of sulfonamides is 1. The van der Waals surface area contributed by atoms with E-state index >= 15 is 0 Å². The zero-order valence-corrected chi connectivity index (χ0v) is 23.4. The summed E-state index contributed by atoms with van der Waals surface area (Å²) in [6.45, 7) is 1.68. The number of aromatic nitrogens is 2. The van der Waals surface area contributed by atoms with Crippen molar-refractivity contribution in [2.24, 2.45) is 0 Å². The molecule has 5 aromatic rings. The molecule has 0 fully saturated rings. The fourth-order valence-corrected chi connectivity index (χ4v) is 6.51. The Labute approximate surface area is 236 Å². The summed E-state index contributed by atoms with van der Waals surface area (Å²) in [6, 6.07) is 21.0. The maximum atomic E-state index is 13.8. The van der Waals surface area contributed by atoms with Gasteiger partial charge in [-0.05, 0) is 60.3 Å². The van der Waals surface area contributed by atoms with Crippen molar-refractivity contribution in [1.82, 2.24) is 9.55 Å². The Morgan fingerprint density at radius 3 is 2.51 bits per heavy atom. The lowest BCUT2D eigenvalue weighted by molar-refractivity contribution is -0.141. The monoisotopic (exact) mass is 581 g/mol. The molecule has 0 aliphatic carbocycles. The fraction of sp³-hybridized carbons (Fsp3) is 0.172. The Hall–Kier alpha value is -3.59. The first-order chi connectivity index (χ1) is 18.8. The fourth-order valence-electron chi connectivity index (χ4n) is 4.38. The highest BCUT2D eigenvalue weighted by Gasteiger charge is 2.29. The number of benzene rings is 3. The van der Waals surface area contributed by atoms with Crippen molar-refractivity contribution >= 4 is 66.6 Å². The molecule has 0 aliphatic heterocycles. The van der Waals surface area contributed by atoms with Gasteiger partial charge in [-0.1, -0.05) is 60.8 Å². The number of pyridine rings is 1. The second kappa shape index (κ2) is 11.3. The molecule has 0 unspecified atom stereocenters. The van der Waals surface area contributed by atoms with Crippen molar-refractivity contribution in [3.8, 4) is 5.82 Å². The third-order valence-electron chi connectivity index (χ3n) is 6.30. The lowest BCUT2D eigenvalue weighted by atomic mass is 10.1. The first kappa shape index (κ1) is 27.0. The van der Waals surface area contributed by atoms with Crippen LogP contribution in [0.2, 0.25) is 10.0 Å². The lowest BCUT2D eigenvalue weighted by Crippen LogP contribution is -2.36. The second-order valence-electron chi connectivity index (χ2n) is 8.98. The molecule has 2 aromatic heterocycles. The van der Waals surface area contributed by atoms with Gasteiger partial charge in [0.2, 0.25) is 0 Å². The van der Waals surface area contributed by atoms with Gasteiger partial charge in [-0.25, -0.2) is 13.4 Å². The van der Waals surface area contributed by atoms with E-state index in [1.807, 2.05) is 60.2 Å². The molecule has 0 bridgehead atoms. The second-order valence-corrected chi connectivity index (χ2v) is 11.7. The Balaban J connectivity index is 1.58. The van der Waals surface area contributed by atoms with Crippen molar-refractivity contribution in [3.63, 3.8) is 0 Å². The van der Waals surface area contributed by atoms with E-state index in [2.05, 4.69) is 4.98 Å². The number of rotatable bonds is 9. The summed E-state index contributed by atoms with van der Waals surface area (Å²) in [6.07, 6.45) is 5.17. The quantitative estimate of drug-likeness (QED) is 0.138. The van der Waals surface area contributed by atoms with Gasteiger partial charge in [-0.2, -0.15) is 0 Å². The van der Waals surface area contributed by atoms with Crippen LogP contribution in [0.4, 0.5) is 5.69 Å². The third-order valence-corrected chi connectivity index (χ3v) is 8.49. The first-order valence-corrected chi connectivity index (χ1v) is 14.6. The van der Waals surface area contributed by atoms with Crippen molar-refractivity contribution in [2.75, 3.05) is 17.5 Å². The van der Waals surface area contributed by atoms with Gasteiger partial charge in [0.25, 0.3) is 10.0 Å². The number of hydrogen-bond acceptors (Lipinski definition) is 5. The predicted octanol–water partition coefficient (Wildman–Crippen LogP) is 7.02. The van der Waals surface area contributed by atoms with Crippen LogP contribution in [0, 0.1) is 0 Å². The van der Waals surface area contributed by atoms with E-state index in [0.717, 1.165) is 38.2 Å². The number of ether oxygens (including phenoxy) is 1. The summed E-state index contributed by atoms with van der Waals surface area (Å²) in [5.41, 5.74) is 1.13. The number of fused-ring (bicyclic) bond motifs is 2. The van der Waals surface area contributed by atoms with Crippen molar-refractivity contribution < 1.29 is 17.9 Å². The summed E-state index contributed by atoms with van der Waals surface area (Å²) >= 11 is 12.2. The summed E-state index contributed by atoms with van der Waals surface area (Å²) in [7, 11) is -4.22. The van der Waals surface area contributed by atoms with E-state index < -0.39 is 22.5 Å². The largest absolute Gasteiger partial charge is 0.464 e. The standard InChI is InChI=1S/C29H25Cl2N3O4S/c1-2-3-14-38-28(35)19-34(39(36,37)25-17-22(30)16-23(31)18-25)24-8-9-27-21(15-24)11-13-33(27)29-26-7-5-4-6-20(26)10-12-32-29/h4-13,15-18H,2-3,14,19H2,1H3. The predicted molar refractivity (Wildman–Crippen MR) is 155 cm³/mol. The molecule has 10 heteroatoms. The van der Waals surface area contributed by atoms with Gasteiger partial charge >= 0.3 is 5.97 Å². The van der Waals surface area contributed by atoms with E-state index in [-0.39, 0.29) is 21.5 Å². The molecule has 0 aliphatic rings. The van der Waals surface area contributed by atoms with E-state index in [4.69, 9.17) is 27.9 Å². The molecule has 3 aromatic carbocycles. The van der Waals surface area contributed by atoms with Gasteiger partial charge in [0.15, 0.2) is 0 Å². The van der Waals surface area contributed by atoms with E-state index in [1.54, 1.807) is 18.3 Å². The number of anilines is 1. The number of esters is 1. The van der Waals surface area contributed by atoms with Gasteiger partial charge in [0, 0.05) is 33.2 Å². The maximum Gasteiger partial charge on any atom is 0.326 e. The van der Waals surface area contributed by atoms with Crippen LogP contribution in [-0.4, -0.2) is 37.1 Å². The molecule has 39 heavy (non-hydrogen) atoms. The molecule has 200 valence electrons. The highest BCUT2D eigenvalue weighted by Crippen LogP contribution is 2.32. The molecular weight excluding hydrogens is 557 g/mol. The Kier molecular flexibility index (Phi) is 7.79. The van der Waals surface area contributed by atoms with Gasteiger partial charge in [0.1, 0.15) is 12.4 Å². The molecule has 0 atom stereocenters. The average Bonchev–Trinajstić information content (AvgIpc) is 3.34. The normalized spacial score (nSPS) is 11.7. The number of halogens is 2. The summed E-state index contributed by atoms with van der Waals surface area (Å²) in [4.78, 5) is 17.2. The molecule has 0 N–H and O–H groups in total. The summed E-state index contributed by atoms with van der Waals surface area (Å²) < 4.78 is 35.9. The molecule has 5 rings (SSSR count). The van der Waals surface area contributed by atoms with Crippen LogP contribution in [0.15, 0.2) is 90.1 Å². The average molecular weight is 583 g/mol. The van der Waals surface area contributed by atoms with Crippen LogP contribution >= 0.6 is 23.2 Å². The molecule has 0 spiro atoms. The van der Waals surface area contributed by atoms with Crippen LogP contribution in [0.5, 0.6) is 0 Å². The van der Waals surface area contributed by atoms with Crippen LogP contribution in [-0.2, 0) is 19.6 Å². The van der Waals surface area contributed by atoms with Crippen molar-refractivity contribution in [2.45, 2.75) is 24.7 Å². The highest BCUT2D eigenvalue weighted by atomic mass is 35.5. The lowest BCUT2D eigenvalue weighted by Gasteiger charge is -2.24. The Morgan fingerprint density at radius 1 is 0.974 bits per heavy atom. The summed E-state index contributed by atoms with van der Waals surface area (Å²) in [5.74, 6) is 0.103. The van der Waals surface area contributed by atoms with Gasteiger partial charge in [-0.3, -0.25) is 9.10 Å². The van der Waals surface area contributed by atoms with Gasteiger partial charge in [0.05, 0.1) is 22.7 Å². The molecule has 0 radical (unpaired) electrons. The molecule has 0 amide bonds. The minimum atomic E-state index is -4.22. The van der Waals surface area contributed by atoms with Crippen molar-refractivity contribution in [1.29, 1.82) is 0 Å². The van der Waals surface area contributed by atoms with Crippen LogP contribution < -0.4 is 4.31 Å². The molecule has 0 saturated heterocycles. The third kappa shape index (κ3) is 5.59. The molecule has 2 heterocycles. The van der Waals surface area contributed by atoms with Crippen LogP contribution in [0.25, 0.3) is 27.5 Å². The minimum Gasteiger partial charge on any atom is -0.464 e.